The van der Waals surface area contributed by atoms with Gasteiger partial charge < -0.3 is 25.4 Å². The van der Waals surface area contributed by atoms with E-state index < -0.39 is 30.5 Å². The van der Waals surface area contributed by atoms with Crippen molar-refractivity contribution in [2.24, 2.45) is 5.73 Å². The first-order valence-electron chi connectivity index (χ1n) is 7.15. The third-order valence-corrected chi connectivity index (χ3v) is 3.15. The third kappa shape index (κ3) is 4.99. The number of rotatable bonds is 8. The highest BCUT2D eigenvalue weighted by molar-refractivity contribution is 5.76. The van der Waals surface area contributed by atoms with Gasteiger partial charge in [-0.1, -0.05) is 18.2 Å². The number of ether oxygens (including phenoxy) is 2. The topological polar surface area (TPSA) is 119 Å². The van der Waals surface area contributed by atoms with E-state index in [4.69, 9.17) is 25.4 Å². The molecule has 2 rings (SSSR count). The van der Waals surface area contributed by atoms with Crippen LogP contribution in [0.1, 0.15) is 6.42 Å². The van der Waals surface area contributed by atoms with Gasteiger partial charge in [-0.15, -0.1) is 0 Å². The Balaban J connectivity index is 2.05. The van der Waals surface area contributed by atoms with Crippen molar-refractivity contribution >= 4 is 11.9 Å². The van der Waals surface area contributed by atoms with Gasteiger partial charge in [-0.2, -0.15) is 0 Å². The number of hydrogen-bond donors (Lipinski definition) is 3. The average Bonchev–Trinajstić information content (AvgIpc) is 2.56. The summed E-state index contributed by atoms with van der Waals surface area (Å²) in [6.07, 6.45) is -1.70. The predicted molar refractivity (Wildman–Crippen MR) is 85.2 cm³/mol. The number of para-hydroxylation sites is 1. The third-order valence-electron chi connectivity index (χ3n) is 3.15. The first-order valence-corrected chi connectivity index (χ1v) is 7.15. The molecule has 0 bridgehead atoms. The van der Waals surface area contributed by atoms with Crippen LogP contribution < -0.4 is 15.2 Å². The highest BCUT2D eigenvalue weighted by atomic mass is 16.5. The van der Waals surface area contributed by atoms with Crippen LogP contribution in [-0.2, 0) is 9.59 Å². The molecule has 7 heteroatoms. The van der Waals surface area contributed by atoms with Crippen LogP contribution in [0.25, 0.3) is 0 Å². The second kappa shape index (κ2) is 7.98. The highest BCUT2D eigenvalue weighted by Crippen LogP contribution is 2.24. The summed E-state index contributed by atoms with van der Waals surface area (Å²) < 4.78 is 11.0. The predicted octanol–water partition coefficient (Wildman–Crippen LogP) is 2.11. The molecule has 0 aliphatic carbocycles. The second-order valence-corrected chi connectivity index (χ2v) is 5.00. The van der Waals surface area contributed by atoms with E-state index in [1.54, 1.807) is 36.4 Å². The molecule has 2 aromatic carbocycles. The smallest absolute Gasteiger partial charge is 0.324 e. The van der Waals surface area contributed by atoms with E-state index in [2.05, 4.69) is 0 Å². The summed E-state index contributed by atoms with van der Waals surface area (Å²) in [5, 5.41) is 17.8. The minimum atomic E-state index is -1.44. The van der Waals surface area contributed by atoms with Gasteiger partial charge in [0, 0.05) is 0 Å². The van der Waals surface area contributed by atoms with E-state index in [9.17, 15) is 9.59 Å². The Labute approximate surface area is 138 Å². The van der Waals surface area contributed by atoms with Crippen molar-refractivity contribution in [1.29, 1.82) is 0 Å². The van der Waals surface area contributed by atoms with Gasteiger partial charge in [-0.3, -0.25) is 9.59 Å². The van der Waals surface area contributed by atoms with Crippen LogP contribution in [0.15, 0.2) is 54.6 Å². The van der Waals surface area contributed by atoms with Crippen LogP contribution in [0.2, 0.25) is 0 Å². The van der Waals surface area contributed by atoms with Crippen molar-refractivity contribution in [1.82, 2.24) is 0 Å². The Morgan fingerprint density at radius 2 is 1.46 bits per heavy atom. The minimum Gasteiger partial charge on any atom is -0.488 e. The molecule has 2 aromatic rings. The number of benzene rings is 2. The Bertz CT molecular complexity index is 686. The number of carboxylic acid groups (broad SMARTS) is 2. The monoisotopic (exact) mass is 331 g/mol. The molecule has 7 nitrogen and oxygen atoms in total. The maximum absolute atomic E-state index is 11.0. The normalized spacial score (nSPS) is 12.9. The van der Waals surface area contributed by atoms with Crippen molar-refractivity contribution in [3.63, 3.8) is 0 Å². The summed E-state index contributed by atoms with van der Waals surface area (Å²) in [6.45, 7) is 0. The Morgan fingerprint density at radius 3 is 2.00 bits per heavy atom. The zero-order valence-electron chi connectivity index (χ0n) is 12.7. The molecule has 0 fully saturated rings. The van der Waals surface area contributed by atoms with Crippen molar-refractivity contribution in [2.75, 3.05) is 0 Å². The fraction of sp³-hybridized carbons (Fsp3) is 0.176. The molecular formula is C17H17NO6. The largest absolute Gasteiger partial charge is 0.488 e. The number of hydrogen-bond acceptors (Lipinski definition) is 5. The lowest BCUT2D eigenvalue weighted by atomic mass is 10.1. The van der Waals surface area contributed by atoms with Crippen molar-refractivity contribution in [3.8, 4) is 17.2 Å². The summed E-state index contributed by atoms with van der Waals surface area (Å²) in [7, 11) is 0. The molecule has 126 valence electrons. The second-order valence-electron chi connectivity index (χ2n) is 5.00. The molecule has 2 atom stereocenters. The molecule has 0 heterocycles. The summed E-state index contributed by atoms with van der Waals surface area (Å²) in [5.74, 6) is -0.988. The van der Waals surface area contributed by atoms with E-state index in [-0.39, 0.29) is 0 Å². The van der Waals surface area contributed by atoms with Gasteiger partial charge in [0.05, 0.1) is 6.42 Å². The van der Waals surface area contributed by atoms with Crippen molar-refractivity contribution in [3.05, 3.63) is 54.6 Å². The SMILES string of the molecule is N[C@H](C(=O)O)C(CC(=O)O)Oc1ccc(Oc2ccccc2)cc1. The highest BCUT2D eigenvalue weighted by Gasteiger charge is 2.28. The Morgan fingerprint density at radius 1 is 0.917 bits per heavy atom. The average molecular weight is 331 g/mol. The molecule has 0 saturated carbocycles. The number of nitrogens with two attached hydrogens (primary N) is 1. The molecule has 0 spiro atoms. The number of aliphatic carboxylic acids is 2. The summed E-state index contributed by atoms with van der Waals surface area (Å²) >= 11 is 0. The van der Waals surface area contributed by atoms with Crippen LogP contribution in [0.5, 0.6) is 17.2 Å². The lowest BCUT2D eigenvalue weighted by Gasteiger charge is -2.21. The van der Waals surface area contributed by atoms with Gasteiger partial charge in [0.1, 0.15) is 29.4 Å². The molecule has 1 unspecified atom stereocenters. The van der Waals surface area contributed by atoms with Gasteiger partial charge in [-0.25, -0.2) is 0 Å². The van der Waals surface area contributed by atoms with E-state index >= 15 is 0 Å². The van der Waals surface area contributed by atoms with E-state index in [0.29, 0.717) is 17.2 Å². The Kier molecular flexibility index (Phi) is 5.75. The molecule has 24 heavy (non-hydrogen) atoms. The molecule has 0 aliphatic rings. The van der Waals surface area contributed by atoms with Crippen molar-refractivity contribution < 1.29 is 29.3 Å². The lowest BCUT2D eigenvalue weighted by Crippen LogP contribution is -2.46. The van der Waals surface area contributed by atoms with E-state index in [1.807, 2.05) is 18.2 Å². The molecule has 0 amide bonds. The van der Waals surface area contributed by atoms with Crippen molar-refractivity contribution in [2.45, 2.75) is 18.6 Å². The quantitative estimate of drug-likeness (QED) is 0.677. The number of carbonyl (C=O) groups is 2. The van der Waals surface area contributed by atoms with Crippen LogP contribution in [-0.4, -0.2) is 34.3 Å². The van der Waals surface area contributed by atoms with Gasteiger partial charge >= 0.3 is 11.9 Å². The van der Waals surface area contributed by atoms with Crippen LogP contribution in [0.4, 0.5) is 0 Å². The van der Waals surface area contributed by atoms with Gasteiger partial charge in [-0.05, 0) is 36.4 Å². The zero-order valence-corrected chi connectivity index (χ0v) is 12.7. The fourth-order valence-corrected chi connectivity index (χ4v) is 1.96. The van der Waals surface area contributed by atoms with E-state index in [1.165, 1.54) is 0 Å². The molecule has 4 N–H and O–H groups in total. The van der Waals surface area contributed by atoms with Crippen LogP contribution in [0.3, 0.4) is 0 Å². The first-order chi connectivity index (χ1) is 11.5. The van der Waals surface area contributed by atoms with Gasteiger partial charge in [0.25, 0.3) is 0 Å². The maximum Gasteiger partial charge on any atom is 0.324 e. The Hall–Kier alpha value is -3.06. The number of carboxylic acids is 2. The summed E-state index contributed by atoms with van der Waals surface area (Å²) in [5.41, 5.74) is 5.48. The van der Waals surface area contributed by atoms with Gasteiger partial charge in [0.15, 0.2) is 0 Å². The molecule has 0 saturated heterocycles. The first kappa shape index (κ1) is 17.3. The molecule has 0 aromatic heterocycles. The minimum absolute atomic E-state index is 0.304. The van der Waals surface area contributed by atoms with E-state index in [0.717, 1.165) is 0 Å². The maximum atomic E-state index is 11.0. The lowest BCUT2D eigenvalue weighted by molar-refractivity contribution is -0.143. The van der Waals surface area contributed by atoms with Crippen LogP contribution >= 0.6 is 0 Å². The van der Waals surface area contributed by atoms with Crippen LogP contribution in [0, 0.1) is 0 Å². The van der Waals surface area contributed by atoms with Gasteiger partial charge in [0.2, 0.25) is 0 Å². The molecular weight excluding hydrogens is 314 g/mol. The zero-order chi connectivity index (χ0) is 17.5. The summed E-state index contributed by atoms with van der Waals surface area (Å²) in [4.78, 5) is 21.8. The standard InChI is InChI=1S/C17H17NO6/c18-16(17(21)22)14(10-15(19)20)24-13-8-6-12(7-9-13)23-11-4-2-1-3-5-11/h1-9,14,16H,10,18H2,(H,19,20)(H,21,22)/t14?,16-/m0/s1. The molecule has 0 aliphatic heterocycles. The molecule has 0 radical (unpaired) electrons. The summed E-state index contributed by atoms with van der Waals surface area (Å²) in [6, 6.07) is 14.1. The fourth-order valence-electron chi connectivity index (χ4n) is 1.96.